The fraction of sp³-hybridized carbons (Fsp3) is 0.429. The minimum absolute atomic E-state index is 0.0630. The second-order valence-corrected chi connectivity index (χ2v) is 13.5. The summed E-state index contributed by atoms with van der Waals surface area (Å²) in [5.41, 5.74) is 12.2. The number of nitrogens with two attached hydrogens (primary N) is 2. The third-order valence-corrected chi connectivity index (χ3v) is 8.92. The lowest BCUT2D eigenvalue weighted by atomic mass is 9.84. The van der Waals surface area contributed by atoms with Crippen LogP contribution in [0.1, 0.15) is 37.9 Å². The van der Waals surface area contributed by atoms with Crippen LogP contribution in [0.15, 0.2) is 41.1 Å². The molecule has 6 N–H and O–H groups in total. The van der Waals surface area contributed by atoms with Crippen molar-refractivity contribution in [2.24, 2.45) is 17.9 Å². The van der Waals surface area contributed by atoms with Gasteiger partial charge >= 0.3 is 5.97 Å². The number of fused-ring (bicyclic) bond motifs is 1. The number of aromatic nitrogens is 3. The molecular weight excluding hydrogens is 672 g/mol. The van der Waals surface area contributed by atoms with Gasteiger partial charge in [0.1, 0.15) is 23.6 Å². The van der Waals surface area contributed by atoms with E-state index in [2.05, 4.69) is 24.4 Å². The largest absolute Gasteiger partial charge is 0.724 e. The van der Waals surface area contributed by atoms with Crippen molar-refractivity contribution in [2.45, 2.75) is 63.4 Å². The number of β-lactam (4-membered cyclic amide) rings is 1. The number of carbonyl (C=O) groups is 3. The number of carboxylic acids is 1. The molecule has 2 aliphatic rings. The van der Waals surface area contributed by atoms with Crippen molar-refractivity contribution in [3.63, 3.8) is 0 Å². The maximum Gasteiger partial charge on any atom is 0.351 e. The Balaban J connectivity index is 1.32. The first-order valence-corrected chi connectivity index (χ1v) is 16.8. The molecule has 0 aliphatic carbocycles. The Morgan fingerprint density at radius 3 is 2.73 bits per heavy atom. The molecule has 1 aromatic carbocycles. The van der Waals surface area contributed by atoms with Crippen molar-refractivity contribution < 1.29 is 51.0 Å². The molecular formula is C28H34N8O10S2. The highest BCUT2D eigenvalue weighted by Crippen LogP contribution is 2.34. The summed E-state index contributed by atoms with van der Waals surface area (Å²) in [4.78, 5) is 47.7. The number of aryl methyl sites for hydroxylation is 3. The lowest BCUT2D eigenvalue weighted by molar-refractivity contribution is -0.753. The zero-order valence-corrected chi connectivity index (χ0v) is 27.7. The first-order chi connectivity index (χ1) is 22.6. The number of carbonyl (C=O) groups excluding carboxylic acids is 2. The summed E-state index contributed by atoms with van der Waals surface area (Å²) in [6.45, 7) is 4.06. The number of thiazole rings is 1. The van der Waals surface area contributed by atoms with E-state index < -0.39 is 57.7 Å². The van der Waals surface area contributed by atoms with Gasteiger partial charge in [0.05, 0.1) is 23.8 Å². The smallest absolute Gasteiger partial charge is 0.351 e. The van der Waals surface area contributed by atoms with Crippen LogP contribution in [0.3, 0.4) is 0 Å². The van der Waals surface area contributed by atoms with Crippen LogP contribution in [0.4, 0.5) is 5.13 Å². The van der Waals surface area contributed by atoms with Crippen LogP contribution in [0.25, 0.3) is 11.1 Å². The lowest BCUT2D eigenvalue weighted by Crippen LogP contribution is -2.76. The summed E-state index contributed by atoms with van der Waals surface area (Å²) in [5, 5.41) is 18.0. The number of ether oxygens (including phenoxy) is 1. The van der Waals surface area contributed by atoms with Crippen LogP contribution in [0.5, 0.6) is 5.75 Å². The predicted molar refractivity (Wildman–Crippen MR) is 167 cm³/mol. The Kier molecular flexibility index (Phi) is 9.74. The molecule has 1 saturated heterocycles. The molecule has 48 heavy (non-hydrogen) atoms. The lowest BCUT2D eigenvalue weighted by Gasteiger charge is -2.51. The molecule has 258 valence electrons. The molecule has 4 heterocycles. The number of oxime groups is 1. The van der Waals surface area contributed by atoms with Gasteiger partial charge < -0.3 is 36.0 Å². The molecule has 1 unspecified atom stereocenters. The van der Waals surface area contributed by atoms with Crippen LogP contribution in [-0.4, -0.2) is 86.6 Å². The van der Waals surface area contributed by atoms with Gasteiger partial charge in [0.15, 0.2) is 17.9 Å². The predicted octanol–water partition coefficient (Wildman–Crippen LogP) is -0.568. The van der Waals surface area contributed by atoms with Crippen LogP contribution < -0.4 is 26.2 Å². The first kappa shape index (κ1) is 34.7. The van der Waals surface area contributed by atoms with E-state index in [1.54, 1.807) is 6.07 Å². The van der Waals surface area contributed by atoms with Gasteiger partial charge in [0, 0.05) is 5.38 Å². The monoisotopic (exact) mass is 706 g/mol. The molecule has 3 atom stereocenters. The zero-order valence-electron chi connectivity index (χ0n) is 26.1. The number of hydrogen-bond acceptors (Lipinski definition) is 14. The van der Waals surface area contributed by atoms with Gasteiger partial charge in [-0.2, -0.15) is 14.0 Å². The molecule has 20 heteroatoms. The van der Waals surface area contributed by atoms with Crippen LogP contribution >= 0.6 is 11.3 Å². The highest BCUT2D eigenvalue weighted by molar-refractivity contribution is 7.80. The molecule has 2 aliphatic heterocycles. The number of nitrogen functional groups attached to an aromatic ring is 1. The molecule has 2 aromatic heterocycles. The van der Waals surface area contributed by atoms with Crippen molar-refractivity contribution in [1.29, 1.82) is 0 Å². The molecule has 5 rings (SSSR count). The van der Waals surface area contributed by atoms with Crippen molar-refractivity contribution in [3.8, 4) is 16.9 Å². The molecule has 0 radical (unpaired) electrons. The minimum Gasteiger partial charge on any atom is -0.724 e. The average molecular weight is 707 g/mol. The van der Waals surface area contributed by atoms with Gasteiger partial charge in [-0.25, -0.2) is 18.2 Å². The summed E-state index contributed by atoms with van der Waals surface area (Å²) < 4.78 is 47.4. The van der Waals surface area contributed by atoms with Crippen LogP contribution in [0, 0.1) is 0 Å². The van der Waals surface area contributed by atoms with Crippen molar-refractivity contribution in [1.82, 2.24) is 20.0 Å². The van der Waals surface area contributed by atoms with Gasteiger partial charge in [0.25, 0.3) is 17.9 Å². The topological polar surface area (TPSA) is 258 Å². The van der Waals surface area contributed by atoms with E-state index in [4.69, 9.17) is 21.0 Å². The van der Waals surface area contributed by atoms with Gasteiger partial charge in [-0.05, 0) is 62.9 Å². The van der Waals surface area contributed by atoms with Crippen LogP contribution in [-0.2, 0) is 53.9 Å². The number of nitrogens with one attached hydrogen (secondary N) is 1. The molecule has 2 amide bonds. The van der Waals surface area contributed by atoms with E-state index in [-0.39, 0.29) is 17.2 Å². The second-order valence-electron chi connectivity index (χ2n) is 11.7. The number of hydroxylamine groups is 2. The fourth-order valence-corrected chi connectivity index (χ4v) is 6.38. The molecule has 0 saturated carbocycles. The summed E-state index contributed by atoms with van der Waals surface area (Å²) in [5.74, 6) is -2.98. The van der Waals surface area contributed by atoms with Crippen molar-refractivity contribution in [2.75, 3.05) is 12.3 Å². The Bertz CT molecular complexity index is 1870. The minimum atomic E-state index is -5.27. The second kappa shape index (κ2) is 13.5. The third-order valence-electron chi connectivity index (χ3n) is 7.92. The summed E-state index contributed by atoms with van der Waals surface area (Å²) >= 11 is 0.967. The Labute approximate surface area is 278 Å². The Hall–Kier alpha value is -4.63. The highest BCUT2D eigenvalue weighted by atomic mass is 32.3. The SMILES string of the molecule is C[n+]1cc(-c2ccc3c(c2)CCC([C@@H](O/N=C(\C(=O)N[C@@H]2C(=O)N(OS(=O)(=O)[O-])C2(C)C)c2csc(N)n2)C(=O)O)O3)cn1CCCN. The number of rotatable bonds is 13. The standard InChI is InChI=1S/C28H34N8O10S2/c1-28(2)23(25(38)36(28)46-48(41,42)43)32-24(37)21(18-14-47-27(30)31-18)33-45-22(26(39)40)20-8-6-16-11-15(5-7-19(16)44-20)17-12-34(3)35(13-17)10-4-9-29/h5,7,11-14,20,22-23H,4,6,8-10,29H2,1-3H3,(H4-,30,31,32,37,39,40,41,42,43)/b33-21-/t20?,22-,23-/m1/s1. The van der Waals surface area contributed by atoms with E-state index in [0.717, 1.165) is 41.0 Å². The average Bonchev–Trinajstić information content (AvgIpc) is 3.63. The number of amides is 2. The Morgan fingerprint density at radius 2 is 2.10 bits per heavy atom. The first-order valence-electron chi connectivity index (χ1n) is 14.6. The van der Waals surface area contributed by atoms with Crippen molar-refractivity contribution >= 4 is 50.4 Å². The number of anilines is 1. The van der Waals surface area contributed by atoms with Gasteiger partial charge in [0.2, 0.25) is 16.6 Å². The number of aliphatic carboxylic acids is 1. The molecule has 18 nitrogen and oxygen atoms in total. The number of hydrogen-bond donors (Lipinski definition) is 4. The highest BCUT2D eigenvalue weighted by Gasteiger charge is 2.57. The number of carboxylic acid groups (broad SMARTS) is 1. The molecule has 0 bridgehead atoms. The number of benzene rings is 1. The van der Waals surface area contributed by atoms with E-state index >= 15 is 0 Å². The quantitative estimate of drug-likeness (QED) is 0.0434. The maximum absolute atomic E-state index is 13.4. The van der Waals surface area contributed by atoms with E-state index in [0.29, 0.717) is 23.8 Å². The third kappa shape index (κ3) is 7.26. The summed E-state index contributed by atoms with van der Waals surface area (Å²) in [6, 6.07) is 4.27. The molecule has 0 spiro atoms. The zero-order chi connectivity index (χ0) is 35.0. The van der Waals surface area contributed by atoms with E-state index in [1.165, 1.54) is 19.2 Å². The number of nitrogens with zero attached hydrogens (tertiary/aromatic N) is 5. The maximum atomic E-state index is 13.4. The molecule has 1 fully saturated rings. The van der Waals surface area contributed by atoms with Gasteiger partial charge in [-0.15, -0.1) is 16.0 Å². The summed E-state index contributed by atoms with van der Waals surface area (Å²) in [6.07, 6.45) is 2.95. The van der Waals surface area contributed by atoms with Crippen molar-refractivity contribution in [3.05, 3.63) is 47.2 Å². The summed E-state index contributed by atoms with van der Waals surface area (Å²) in [7, 11) is -3.32. The Morgan fingerprint density at radius 1 is 1.35 bits per heavy atom. The fourth-order valence-electron chi connectivity index (χ4n) is 5.39. The van der Waals surface area contributed by atoms with E-state index in [1.807, 2.05) is 36.3 Å². The van der Waals surface area contributed by atoms with E-state index in [9.17, 15) is 32.5 Å². The molecule has 3 aromatic rings. The van der Waals surface area contributed by atoms with Gasteiger partial charge in [-0.3, -0.25) is 9.59 Å². The van der Waals surface area contributed by atoms with Gasteiger partial charge in [-0.1, -0.05) is 11.2 Å². The normalized spacial score (nSPS) is 19.6. The van der Waals surface area contributed by atoms with Crippen LogP contribution in [0.2, 0.25) is 0 Å².